The molecule has 0 saturated carbocycles. The predicted molar refractivity (Wildman–Crippen MR) is 88.1 cm³/mol. The van der Waals surface area contributed by atoms with Gasteiger partial charge in [-0.25, -0.2) is 9.78 Å². The molecule has 0 aliphatic carbocycles. The zero-order chi connectivity index (χ0) is 17.4. The number of carbonyl (C=O) groups is 2. The summed E-state index contributed by atoms with van der Waals surface area (Å²) in [5, 5.41) is 2.17. The van der Waals surface area contributed by atoms with Crippen molar-refractivity contribution in [2.75, 3.05) is 19.7 Å². The Morgan fingerprint density at radius 2 is 2.00 bits per heavy atom. The summed E-state index contributed by atoms with van der Waals surface area (Å²) in [5.41, 5.74) is 0.944. The van der Waals surface area contributed by atoms with Crippen molar-refractivity contribution in [1.82, 2.24) is 15.2 Å². The third-order valence-corrected chi connectivity index (χ3v) is 3.30. The second-order valence-corrected chi connectivity index (χ2v) is 5.06. The number of oxazole rings is 1. The fourth-order valence-electron chi connectivity index (χ4n) is 2.11. The first-order valence-corrected chi connectivity index (χ1v) is 7.81. The first-order valence-electron chi connectivity index (χ1n) is 7.81. The van der Waals surface area contributed by atoms with E-state index in [0.29, 0.717) is 24.7 Å². The first-order chi connectivity index (χ1) is 11.6. The van der Waals surface area contributed by atoms with Crippen LogP contribution >= 0.6 is 0 Å². The fraction of sp³-hybridized carbons (Fsp3) is 0.353. The Balaban J connectivity index is 1.92. The molecule has 1 aromatic heterocycles. The molecule has 1 heterocycles. The summed E-state index contributed by atoms with van der Waals surface area (Å²) in [7, 11) is 0. The molecule has 0 spiro atoms. The van der Waals surface area contributed by atoms with Gasteiger partial charge in [-0.2, -0.15) is 0 Å². The largest absolute Gasteiger partial charge is 0.450 e. The molecule has 1 aromatic carbocycles. The van der Waals surface area contributed by atoms with Gasteiger partial charge in [0.1, 0.15) is 0 Å². The van der Waals surface area contributed by atoms with E-state index >= 15 is 0 Å². The third-order valence-electron chi connectivity index (χ3n) is 3.30. The number of hydrogen-bond acceptors (Lipinski definition) is 6. The minimum absolute atomic E-state index is 0.0539. The molecule has 0 saturated heterocycles. The second kappa shape index (κ2) is 8.83. The third kappa shape index (κ3) is 5.20. The van der Waals surface area contributed by atoms with Gasteiger partial charge >= 0.3 is 6.09 Å². The Bertz CT molecular complexity index is 669. The molecular formula is C17H21N3O4. The number of aromatic nitrogens is 1. The van der Waals surface area contributed by atoms with Crippen molar-refractivity contribution in [2.45, 2.75) is 20.4 Å². The number of amides is 2. The van der Waals surface area contributed by atoms with Crippen molar-refractivity contribution in [3.05, 3.63) is 42.4 Å². The Hall–Kier alpha value is -2.67. The van der Waals surface area contributed by atoms with Gasteiger partial charge in [0, 0.05) is 5.56 Å². The van der Waals surface area contributed by atoms with Crippen LogP contribution in [0.15, 0.2) is 40.9 Å². The zero-order valence-corrected chi connectivity index (χ0v) is 13.8. The molecule has 2 aromatic rings. The van der Waals surface area contributed by atoms with Gasteiger partial charge in [0.25, 0.3) is 0 Å². The normalized spacial score (nSPS) is 10.6. The highest BCUT2D eigenvalue weighted by Crippen LogP contribution is 2.20. The van der Waals surface area contributed by atoms with Crippen molar-refractivity contribution in [2.24, 2.45) is 0 Å². The summed E-state index contributed by atoms with van der Waals surface area (Å²) in [6, 6.07) is 9.66. The van der Waals surface area contributed by atoms with E-state index in [1.54, 1.807) is 13.1 Å². The highest BCUT2D eigenvalue weighted by Gasteiger charge is 2.15. The Morgan fingerprint density at radius 1 is 1.25 bits per heavy atom. The standard InChI is InChI=1S/C17H21N3O4/c1-3-20(11-15(21)19-17(22)23-4-2)12-16-18-10-14(24-16)13-8-6-5-7-9-13/h5-10H,3-4,11-12H2,1-2H3,(H,19,21,22). The van der Waals surface area contributed by atoms with Crippen LogP contribution in [0.4, 0.5) is 4.79 Å². The number of hydrogen-bond donors (Lipinski definition) is 1. The maximum atomic E-state index is 11.8. The zero-order valence-electron chi connectivity index (χ0n) is 13.8. The number of ether oxygens (including phenoxy) is 1. The highest BCUT2D eigenvalue weighted by atomic mass is 16.5. The highest BCUT2D eigenvalue weighted by molar-refractivity contribution is 5.92. The number of carbonyl (C=O) groups excluding carboxylic acids is 2. The molecular weight excluding hydrogens is 310 g/mol. The van der Waals surface area contributed by atoms with Gasteiger partial charge in [0.15, 0.2) is 5.76 Å². The van der Waals surface area contributed by atoms with E-state index in [1.165, 1.54) is 0 Å². The number of likely N-dealkylation sites (N-methyl/N-ethyl adjacent to an activating group) is 1. The Labute approximate surface area is 140 Å². The van der Waals surface area contributed by atoms with Crippen LogP contribution in [-0.4, -0.2) is 41.6 Å². The molecule has 1 N–H and O–H groups in total. The van der Waals surface area contributed by atoms with Crippen LogP contribution in [0.5, 0.6) is 0 Å². The minimum Gasteiger partial charge on any atom is -0.450 e. The lowest BCUT2D eigenvalue weighted by Crippen LogP contribution is -2.40. The first kappa shape index (κ1) is 17.7. The van der Waals surface area contributed by atoms with Crippen LogP contribution in [-0.2, 0) is 16.1 Å². The SMILES string of the molecule is CCOC(=O)NC(=O)CN(CC)Cc1ncc(-c2ccccc2)o1. The Morgan fingerprint density at radius 3 is 2.67 bits per heavy atom. The molecule has 0 bridgehead atoms. The molecule has 0 radical (unpaired) electrons. The second-order valence-electron chi connectivity index (χ2n) is 5.06. The van der Waals surface area contributed by atoms with Gasteiger partial charge < -0.3 is 9.15 Å². The van der Waals surface area contributed by atoms with Gasteiger partial charge in [-0.15, -0.1) is 0 Å². The summed E-state index contributed by atoms with van der Waals surface area (Å²) >= 11 is 0. The van der Waals surface area contributed by atoms with Crippen LogP contribution in [0.25, 0.3) is 11.3 Å². The smallest absolute Gasteiger partial charge is 0.413 e. The van der Waals surface area contributed by atoms with Crippen molar-refractivity contribution in [3.63, 3.8) is 0 Å². The molecule has 0 fully saturated rings. The van der Waals surface area contributed by atoms with E-state index in [9.17, 15) is 9.59 Å². The van der Waals surface area contributed by atoms with Crippen molar-refractivity contribution < 1.29 is 18.7 Å². The van der Waals surface area contributed by atoms with Crippen molar-refractivity contribution in [3.8, 4) is 11.3 Å². The van der Waals surface area contributed by atoms with Gasteiger partial charge in [-0.3, -0.25) is 15.0 Å². The molecule has 7 nitrogen and oxygen atoms in total. The minimum atomic E-state index is -0.735. The van der Waals surface area contributed by atoms with Crippen LogP contribution in [0.3, 0.4) is 0 Å². The fourth-order valence-corrected chi connectivity index (χ4v) is 2.11. The van der Waals surface area contributed by atoms with Crippen molar-refractivity contribution in [1.29, 1.82) is 0 Å². The van der Waals surface area contributed by atoms with E-state index in [2.05, 4.69) is 15.0 Å². The number of alkyl carbamates (subject to hydrolysis) is 1. The lowest BCUT2D eigenvalue weighted by atomic mass is 10.2. The van der Waals surface area contributed by atoms with E-state index < -0.39 is 12.0 Å². The van der Waals surface area contributed by atoms with Gasteiger partial charge in [-0.05, 0) is 13.5 Å². The monoisotopic (exact) mass is 331 g/mol. The average molecular weight is 331 g/mol. The predicted octanol–water partition coefficient (Wildman–Crippen LogP) is 2.44. The average Bonchev–Trinajstić information content (AvgIpc) is 3.03. The molecule has 7 heteroatoms. The summed E-state index contributed by atoms with van der Waals surface area (Å²) in [5.74, 6) is 0.766. The van der Waals surface area contributed by atoms with Gasteiger partial charge in [-0.1, -0.05) is 37.3 Å². The molecule has 128 valence electrons. The summed E-state index contributed by atoms with van der Waals surface area (Å²) in [6.07, 6.45) is 0.929. The number of imide groups is 1. The molecule has 0 atom stereocenters. The summed E-state index contributed by atoms with van der Waals surface area (Å²) < 4.78 is 10.4. The van der Waals surface area contributed by atoms with E-state index in [4.69, 9.17) is 4.42 Å². The van der Waals surface area contributed by atoms with Crippen molar-refractivity contribution >= 4 is 12.0 Å². The van der Waals surface area contributed by atoms with Crippen LogP contribution in [0.1, 0.15) is 19.7 Å². The lowest BCUT2D eigenvalue weighted by Gasteiger charge is -2.17. The van der Waals surface area contributed by atoms with Gasteiger partial charge in [0.05, 0.1) is 25.9 Å². The number of rotatable bonds is 7. The van der Waals surface area contributed by atoms with Crippen LogP contribution < -0.4 is 5.32 Å². The molecule has 24 heavy (non-hydrogen) atoms. The van der Waals surface area contributed by atoms with E-state index in [-0.39, 0.29) is 13.2 Å². The number of nitrogens with zero attached hydrogens (tertiary/aromatic N) is 2. The topological polar surface area (TPSA) is 84.7 Å². The van der Waals surface area contributed by atoms with E-state index in [1.807, 2.05) is 42.2 Å². The number of nitrogens with one attached hydrogen (secondary N) is 1. The van der Waals surface area contributed by atoms with Crippen LogP contribution in [0.2, 0.25) is 0 Å². The molecule has 0 aliphatic heterocycles. The maximum Gasteiger partial charge on any atom is 0.413 e. The summed E-state index contributed by atoms with van der Waals surface area (Å²) in [4.78, 5) is 29.1. The van der Waals surface area contributed by atoms with Crippen LogP contribution in [0, 0.1) is 0 Å². The quantitative estimate of drug-likeness (QED) is 0.839. The number of benzene rings is 1. The Kier molecular flexibility index (Phi) is 6.51. The van der Waals surface area contributed by atoms with E-state index in [0.717, 1.165) is 5.56 Å². The molecule has 2 amide bonds. The molecule has 0 aliphatic rings. The lowest BCUT2D eigenvalue weighted by molar-refractivity contribution is -0.121. The molecule has 2 rings (SSSR count). The summed E-state index contributed by atoms with van der Waals surface area (Å²) in [6.45, 7) is 4.85. The maximum absolute atomic E-state index is 11.8. The van der Waals surface area contributed by atoms with Gasteiger partial charge in [0.2, 0.25) is 11.8 Å². The molecule has 0 unspecified atom stereocenters.